The van der Waals surface area contributed by atoms with E-state index in [1.54, 1.807) is 13.3 Å². The molecule has 4 heteroatoms. The maximum atomic E-state index is 5.59. The van der Waals surface area contributed by atoms with Crippen LogP contribution in [0.5, 0.6) is 5.75 Å². The van der Waals surface area contributed by atoms with Gasteiger partial charge >= 0.3 is 0 Å². The van der Waals surface area contributed by atoms with Crippen molar-refractivity contribution in [2.45, 2.75) is 12.8 Å². The Hall–Kier alpha value is -2.07. The number of ether oxygens (including phenoxy) is 1. The Morgan fingerprint density at radius 3 is 2.70 bits per heavy atom. The summed E-state index contributed by atoms with van der Waals surface area (Å²) >= 11 is 0. The quantitative estimate of drug-likeness (QED) is 0.787. The van der Waals surface area contributed by atoms with E-state index in [0.717, 1.165) is 43.1 Å². The number of hydrogen-bond donors (Lipinski definition) is 1. The van der Waals surface area contributed by atoms with Crippen LogP contribution >= 0.6 is 0 Å². The fraction of sp³-hybridized carbons (Fsp3) is 0.312. The third kappa shape index (κ3) is 3.71. The average molecular weight is 271 g/mol. The number of anilines is 2. The van der Waals surface area contributed by atoms with E-state index in [1.165, 1.54) is 0 Å². The van der Waals surface area contributed by atoms with Gasteiger partial charge in [0.05, 0.1) is 19.0 Å². The normalized spacial score (nSPS) is 10.3. The number of pyridine rings is 1. The van der Waals surface area contributed by atoms with Crippen molar-refractivity contribution in [1.82, 2.24) is 4.98 Å². The minimum Gasteiger partial charge on any atom is -0.497 e. The first-order valence-electron chi connectivity index (χ1n) is 6.87. The van der Waals surface area contributed by atoms with Gasteiger partial charge in [0, 0.05) is 24.5 Å². The summed E-state index contributed by atoms with van der Waals surface area (Å²) in [6, 6.07) is 12.1. The fourth-order valence-electron chi connectivity index (χ4n) is 2.11. The van der Waals surface area contributed by atoms with Gasteiger partial charge < -0.3 is 15.4 Å². The van der Waals surface area contributed by atoms with Gasteiger partial charge in [-0.25, -0.2) is 0 Å². The highest BCUT2D eigenvalue weighted by molar-refractivity contribution is 5.63. The zero-order valence-electron chi connectivity index (χ0n) is 11.8. The number of methoxy groups -OCH3 is 1. The SMILES string of the molecule is COc1cccc(N(CCCCN)c2cccnc2)c1. The summed E-state index contributed by atoms with van der Waals surface area (Å²) in [6.45, 7) is 1.63. The van der Waals surface area contributed by atoms with Crippen LogP contribution in [0.3, 0.4) is 0 Å². The topological polar surface area (TPSA) is 51.4 Å². The lowest BCUT2D eigenvalue weighted by Gasteiger charge is -2.25. The lowest BCUT2D eigenvalue weighted by Crippen LogP contribution is -2.19. The van der Waals surface area contributed by atoms with Gasteiger partial charge in [0.2, 0.25) is 0 Å². The van der Waals surface area contributed by atoms with Crippen LogP contribution in [0.15, 0.2) is 48.8 Å². The first-order valence-corrected chi connectivity index (χ1v) is 6.87. The molecule has 0 aliphatic rings. The Balaban J connectivity index is 2.25. The number of nitrogens with zero attached hydrogens (tertiary/aromatic N) is 2. The second-order valence-electron chi connectivity index (χ2n) is 4.56. The van der Waals surface area contributed by atoms with Crippen molar-refractivity contribution in [1.29, 1.82) is 0 Å². The van der Waals surface area contributed by atoms with Crippen LogP contribution < -0.4 is 15.4 Å². The van der Waals surface area contributed by atoms with Gasteiger partial charge in [0.25, 0.3) is 0 Å². The van der Waals surface area contributed by atoms with E-state index in [9.17, 15) is 0 Å². The summed E-state index contributed by atoms with van der Waals surface area (Å²) in [5.74, 6) is 0.857. The molecular formula is C16H21N3O. The van der Waals surface area contributed by atoms with Gasteiger partial charge in [-0.2, -0.15) is 0 Å². The van der Waals surface area contributed by atoms with Gasteiger partial charge in [-0.05, 0) is 43.7 Å². The predicted molar refractivity (Wildman–Crippen MR) is 82.5 cm³/mol. The van der Waals surface area contributed by atoms with Gasteiger partial charge in [-0.3, -0.25) is 4.98 Å². The Kier molecular flexibility index (Phi) is 5.38. The number of aromatic nitrogens is 1. The molecule has 2 aromatic rings. The standard InChI is InChI=1S/C16H21N3O/c1-20-16-8-4-6-14(12-16)19(11-3-2-9-17)15-7-5-10-18-13-15/h4-8,10,12-13H,2-3,9,11,17H2,1H3. The molecule has 4 nitrogen and oxygen atoms in total. The highest BCUT2D eigenvalue weighted by Crippen LogP contribution is 2.28. The second-order valence-corrected chi connectivity index (χ2v) is 4.56. The molecule has 2 N–H and O–H groups in total. The van der Waals surface area contributed by atoms with Crippen LogP contribution in [0, 0.1) is 0 Å². The minimum atomic E-state index is 0.721. The highest BCUT2D eigenvalue weighted by Gasteiger charge is 2.09. The minimum absolute atomic E-state index is 0.721. The van der Waals surface area contributed by atoms with Crippen LogP contribution in [0.2, 0.25) is 0 Å². The molecule has 0 unspecified atom stereocenters. The maximum Gasteiger partial charge on any atom is 0.120 e. The smallest absolute Gasteiger partial charge is 0.120 e. The van der Waals surface area contributed by atoms with E-state index in [1.807, 2.05) is 30.5 Å². The first kappa shape index (κ1) is 14.3. The molecule has 0 bridgehead atoms. The third-order valence-electron chi connectivity index (χ3n) is 3.16. The summed E-state index contributed by atoms with van der Waals surface area (Å²) in [4.78, 5) is 6.45. The van der Waals surface area contributed by atoms with Crippen molar-refractivity contribution in [3.05, 3.63) is 48.8 Å². The molecule has 0 saturated carbocycles. The summed E-state index contributed by atoms with van der Waals surface area (Å²) in [7, 11) is 1.68. The van der Waals surface area contributed by atoms with Gasteiger partial charge in [-0.1, -0.05) is 6.07 Å². The zero-order chi connectivity index (χ0) is 14.2. The van der Waals surface area contributed by atoms with Crippen LogP contribution in [-0.4, -0.2) is 25.2 Å². The van der Waals surface area contributed by atoms with E-state index < -0.39 is 0 Å². The molecular weight excluding hydrogens is 250 g/mol. The van der Waals surface area contributed by atoms with Crippen LogP contribution in [0.4, 0.5) is 11.4 Å². The van der Waals surface area contributed by atoms with Crippen molar-refractivity contribution in [2.75, 3.05) is 25.1 Å². The molecule has 106 valence electrons. The molecule has 0 saturated heterocycles. The molecule has 0 aliphatic carbocycles. The van der Waals surface area contributed by atoms with E-state index in [2.05, 4.69) is 22.0 Å². The summed E-state index contributed by atoms with van der Waals surface area (Å²) < 4.78 is 5.30. The lowest BCUT2D eigenvalue weighted by atomic mass is 10.2. The Morgan fingerprint density at radius 1 is 1.15 bits per heavy atom. The zero-order valence-corrected chi connectivity index (χ0v) is 11.8. The Morgan fingerprint density at radius 2 is 2.00 bits per heavy atom. The largest absolute Gasteiger partial charge is 0.497 e. The average Bonchev–Trinajstić information content (AvgIpc) is 2.52. The van der Waals surface area contributed by atoms with Crippen molar-refractivity contribution < 1.29 is 4.74 Å². The van der Waals surface area contributed by atoms with Gasteiger partial charge in [0.1, 0.15) is 5.75 Å². The van der Waals surface area contributed by atoms with Crippen molar-refractivity contribution in [3.63, 3.8) is 0 Å². The highest BCUT2D eigenvalue weighted by atomic mass is 16.5. The Labute approximate surface area is 120 Å². The first-order chi connectivity index (χ1) is 9.85. The monoisotopic (exact) mass is 271 g/mol. The fourth-order valence-corrected chi connectivity index (χ4v) is 2.11. The van der Waals surface area contributed by atoms with E-state index in [-0.39, 0.29) is 0 Å². The number of benzene rings is 1. The van der Waals surface area contributed by atoms with Crippen LogP contribution in [0.1, 0.15) is 12.8 Å². The van der Waals surface area contributed by atoms with Gasteiger partial charge in [-0.15, -0.1) is 0 Å². The number of nitrogens with two attached hydrogens (primary N) is 1. The number of unbranched alkanes of at least 4 members (excludes halogenated alkanes) is 1. The van der Waals surface area contributed by atoms with Gasteiger partial charge in [0.15, 0.2) is 0 Å². The molecule has 0 aliphatic heterocycles. The maximum absolute atomic E-state index is 5.59. The van der Waals surface area contributed by atoms with Crippen molar-refractivity contribution in [2.24, 2.45) is 5.73 Å². The molecule has 1 heterocycles. The summed E-state index contributed by atoms with van der Waals surface area (Å²) in [6.07, 6.45) is 5.72. The molecule has 0 spiro atoms. The van der Waals surface area contributed by atoms with Crippen LogP contribution in [0.25, 0.3) is 0 Å². The van der Waals surface area contributed by atoms with E-state index >= 15 is 0 Å². The third-order valence-corrected chi connectivity index (χ3v) is 3.16. The second kappa shape index (κ2) is 7.50. The van der Waals surface area contributed by atoms with E-state index in [0.29, 0.717) is 0 Å². The molecule has 0 radical (unpaired) electrons. The molecule has 0 atom stereocenters. The molecule has 20 heavy (non-hydrogen) atoms. The molecule has 0 amide bonds. The number of hydrogen-bond acceptors (Lipinski definition) is 4. The van der Waals surface area contributed by atoms with E-state index in [4.69, 9.17) is 10.5 Å². The summed E-state index contributed by atoms with van der Waals surface area (Å²) in [5, 5.41) is 0. The molecule has 0 fully saturated rings. The Bertz CT molecular complexity index is 516. The van der Waals surface area contributed by atoms with Crippen LogP contribution in [-0.2, 0) is 0 Å². The number of rotatable bonds is 7. The van der Waals surface area contributed by atoms with Crippen molar-refractivity contribution >= 4 is 11.4 Å². The van der Waals surface area contributed by atoms with Crippen molar-refractivity contribution in [3.8, 4) is 5.75 Å². The molecule has 2 rings (SSSR count). The molecule has 1 aromatic carbocycles. The molecule has 1 aromatic heterocycles. The summed E-state index contributed by atoms with van der Waals surface area (Å²) in [5.41, 5.74) is 7.77. The lowest BCUT2D eigenvalue weighted by molar-refractivity contribution is 0.415. The predicted octanol–water partition coefficient (Wildman–Crippen LogP) is 2.97.